The second kappa shape index (κ2) is 8.09. The number of alkyl halides is 3. The number of rotatable bonds is 4. The molecular formula is C23H21F3N4O3. The van der Waals surface area contributed by atoms with E-state index in [9.17, 15) is 22.8 Å². The van der Waals surface area contributed by atoms with Crippen LogP contribution in [0.5, 0.6) is 0 Å². The van der Waals surface area contributed by atoms with Crippen molar-refractivity contribution in [2.75, 3.05) is 11.9 Å². The lowest BCUT2D eigenvalue weighted by atomic mass is 10.1. The average molecular weight is 458 g/mol. The molecule has 0 unspecified atom stereocenters. The highest BCUT2D eigenvalue weighted by Crippen LogP contribution is 2.33. The molecule has 10 heteroatoms. The molecule has 1 amide bonds. The van der Waals surface area contributed by atoms with Crippen molar-refractivity contribution in [3.63, 3.8) is 0 Å². The average Bonchev–Trinajstić information content (AvgIpc) is 3.42. The van der Waals surface area contributed by atoms with Crippen molar-refractivity contribution in [1.82, 2.24) is 15.0 Å². The zero-order chi connectivity index (χ0) is 23.2. The van der Waals surface area contributed by atoms with E-state index in [1.165, 1.54) is 6.07 Å². The largest absolute Gasteiger partial charge is 0.493 e. The summed E-state index contributed by atoms with van der Waals surface area (Å²) in [7, 11) is 0. The van der Waals surface area contributed by atoms with E-state index in [0.717, 1.165) is 35.8 Å². The molecule has 7 nitrogen and oxygen atoms in total. The predicted molar refractivity (Wildman–Crippen MR) is 115 cm³/mol. The van der Waals surface area contributed by atoms with E-state index < -0.39 is 18.1 Å². The van der Waals surface area contributed by atoms with Crippen molar-refractivity contribution in [3.05, 3.63) is 47.7 Å². The van der Waals surface area contributed by atoms with Crippen LogP contribution in [-0.4, -0.2) is 40.4 Å². The standard InChI is InChI=1S/C23H21F3N4O3/c24-23(25,26)22(32)33-30-17-10-11-27-21(31)16(17)12-18(30)15-7-3-4-13-8-9-19(29-20(13)15)28-14-5-1-2-6-14/h3-4,7-9,12,14H,1-2,5-6,10-11H2,(H,27,31)(H,28,29). The first-order valence-corrected chi connectivity index (χ1v) is 10.8. The Kier molecular flexibility index (Phi) is 5.22. The SMILES string of the molecule is O=C1NCCc2c1cc(-c1cccc3ccc(NC4CCCC4)nc13)n2OC(=O)C(F)(F)F. The van der Waals surface area contributed by atoms with Gasteiger partial charge in [-0.3, -0.25) is 4.79 Å². The number of hydrogen-bond acceptors (Lipinski definition) is 5. The zero-order valence-corrected chi connectivity index (χ0v) is 17.5. The third-order valence-corrected chi connectivity index (χ3v) is 6.06. The summed E-state index contributed by atoms with van der Waals surface area (Å²) in [5.74, 6) is -2.13. The normalized spacial score (nSPS) is 16.5. The molecule has 0 spiro atoms. The zero-order valence-electron chi connectivity index (χ0n) is 17.5. The number of hydrogen-bond donors (Lipinski definition) is 2. The van der Waals surface area contributed by atoms with Gasteiger partial charge in [-0.05, 0) is 31.0 Å². The van der Waals surface area contributed by atoms with Crippen molar-refractivity contribution in [1.29, 1.82) is 0 Å². The first-order chi connectivity index (χ1) is 15.8. The van der Waals surface area contributed by atoms with Crippen LogP contribution < -0.4 is 15.5 Å². The van der Waals surface area contributed by atoms with Gasteiger partial charge in [0, 0.05) is 30.0 Å². The molecule has 1 aromatic carbocycles. The Balaban J connectivity index is 1.64. The van der Waals surface area contributed by atoms with Gasteiger partial charge in [0.05, 0.1) is 22.5 Å². The Morgan fingerprint density at radius 1 is 1.15 bits per heavy atom. The molecule has 0 saturated heterocycles. The topological polar surface area (TPSA) is 85.2 Å². The van der Waals surface area contributed by atoms with Gasteiger partial charge < -0.3 is 15.5 Å². The number of carbonyl (C=O) groups excluding carboxylic acids is 2. The summed E-state index contributed by atoms with van der Waals surface area (Å²) in [6.45, 7) is 0.224. The maximum absolute atomic E-state index is 13.0. The number of pyridine rings is 1. The monoisotopic (exact) mass is 458 g/mol. The smallest absolute Gasteiger partial charge is 0.367 e. The summed E-state index contributed by atoms with van der Waals surface area (Å²) in [6.07, 6.45) is -0.539. The second-order valence-electron chi connectivity index (χ2n) is 8.27. The third-order valence-electron chi connectivity index (χ3n) is 6.06. The molecule has 172 valence electrons. The highest BCUT2D eigenvalue weighted by Gasteiger charge is 2.43. The molecule has 2 N–H and O–H groups in total. The van der Waals surface area contributed by atoms with Gasteiger partial charge in [0.2, 0.25) is 0 Å². The van der Waals surface area contributed by atoms with Crippen molar-refractivity contribution >= 4 is 28.6 Å². The summed E-state index contributed by atoms with van der Waals surface area (Å²) in [4.78, 5) is 33.6. The number of nitrogens with zero attached hydrogens (tertiary/aromatic N) is 2. The van der Waals surface area contributed by atoms with Crippen LogP contribution in [0.3, 0.4) is 0 Å². The summed E-state index contributed by atoms with van der Waals surface area (Å²) < 4.78 is 39.8. The molecule has 1 aliphatic heterocycles. The molecule has 0 bridgehead atoms. The van der Waals surface area contributed by atoms with Crippen molar-refractivity contribution < 1.29 is 27.6 Å². The first kappa shape index (κ1) is 21.3. The van der Waals surface area contributed by atoms with E-state index in [-0.39, 0.29) is 29.9 Å². The number of benzene rings is 1. The van der Waals surface area contributed by atoms with Crippen LogP contribution in [-0.2, 0) is 11.2 Å². The van der Waals surface area contributed by atoms with E-state index in [1.54, 1.807) is 12.1 Å². The molecule has 3 heterocycles. The fraction of sp³-hybridized carbons (Fsp3) is 0.348. The molecule has 5 rings (SSSR count). The molecule has 0 atom stereocenters. The number of para-hydroxylation sites is 1. The van der Waals surface area contributed by atoms with Gasteiger partial charge in [-0.25, -0.2) is 9.78 Å². The van der Waals surface area contributed by atoms with E-state index >= 15 is 0 Å². The lowest BCUT2D eigenvalue weighted by Crippen LogP contribution is -2.37. The second-order valence-corrected chi connectivity index (χ2v) is 8.27. The Labute approximate surface area is 186 Å². The molecule has 33 heavy (non-hydrogen) atoms. The van der Waals surface area contributed by atoms with Crippen LogP contribution in [0.25, 0.3) is 22.2 Å². The molecule has 1 aliphatic carbocycles. The minimum absolute atomic E-state index is 0.158. The fourth-order valence-electron chi connectivity index (χ4n) is 4.50. The summed E-state index contributed by atoms with van der Waals surface area (Å²) in [6, 6.07) is 10.8. The van der Waals surface area contributed by atoms with Crippen LogP contribution in [0.15, 0.2) is 36.4 Å². The minimum atomic E-state index is -5.18. The van der Waals surface area contributed by atoms with Crippen molar-refractivity contribution in [2.45, 2.75) is 44.3 Å². The van der Waals surface area contributed by atoms with Crippen molar-refractivity contribution in [3.8, 4) is 11.3 Å². The lowest BCUT2D eigenvalue weighted by Gasteiger charge is -2.18. The number of halogens is 3. The summed E-state index contributed by atoms with van der Waals surface area (Å²) >= 11 is 0. The predicted octanol–water partition coefficient (Wildman–Crippen LogP) is 3.86. The quantitative estimate of drug-likeness (QED) is 0.620. The highest BCUT2D eigenvalue weighted by molar-refractivity contribution is 6.00. The van der Waals surface area contributed by atoms with Gasteiger partial charge in [0.1, 0.15) is 5.82 Å². The number of carbonyl (C=O) groups is 2. The van der Waals surface area contributed by atoms with Crippen LogP contribution in [0, 0.1) is 0 Å². The van der Waals surface area contributed by atoms with Crippen LogP contribution in [0.4, 0.5) is 19.0 Å². The minimum Gasteiger partial charge on any atom is -0.367 e. The van der Waals surface area contributed by atoms with Gasteiger partial charge in [0.15, 0.2) is 0 Å². The third kappa shape index (κ3) is 4.01. The molecule has 2 aromatic heterocycles. The molecule has 3 aromatic rings. The Bertz CT molecular complexity index is 1250. The van der Waals surface area contributed by atoms with E-state index in [1.807, 2.05) is 18.2 Å². The molecule has 1 saturated carbocycles. The first-order valence-electron chi connectivity index (χ1n) is 10.8. The number of fused-ring (bicyclic) bond motifs is 2. The van der Waals surface area contributed by atoms with E-state index in [2.05, 4.69) is 10.6 Å². The maximum atomic E-state index is 13.0. The summed E-state index contributed by atoms with van der Waals surface area (Å²) in [5, 5.41) is 6.84. The number of anilines is 1. The fourth-order valence-corrected chi connectivity index (χ4v) is 4.50. The van der Waals surface area contributed by atoms with Gasteiger partial charge in [0.25, 0.3) is 5.91 Å². The number of amides is 1. The molecular weight excluding hydrogens is 437 g/mol. The van der Waals surface area contributed by atoms with Gasteiger partial charge in [-0.2, -0.15) is 17.9 Å². The van der Waals surface area contributed by atoms with Crippen LogP contribution >= 0.6 is 0 Å². The van der Waals surface area contributed by atoms with Gasteiger partial charge in [-0.15, -0.1) is 0 Å². The lowest BCUT2D eigenvalue weighted by molar-refractivity contribution is -0.199. The molecule has 0 radical (unpaired) electrons. The van der Waals surface area contributed by atoms with E-state index in [0.29, 0.717) is 22.9 Å². The Morgan fingerprint density at radius 3 is 2.70 bits per heavy atom. The Morgan fingerprint density at radius 2 is 1.94 bits per heavy atom. The molecule has 1 fully saturated rings. The summed E-state index contributed by atoms with van der Waals surface area (Å²) in [5.41, 5.74) is 1.53. The van der Waals surface area contributed by atoms with Crippen LogP contribution in [0.2, 0.25) is 0 Å². The number of aromatic nitrogens is 2. The maximum Gasteiger partial charge on any atom is 0.493 e. The van der Waals surface area contributed by atoms with Crippen LogP contribution in [0.1, 0.15) is 41.7 Å². The van der Waals surface area contributed by atoms with Gasteiger partial charge >= 0.3 is 12.1 Å². The molecule has 2 aliphatic rings. The highest BCUT2D eigenvalue weighted by atomic mass is 19.4. The van der Waals surface area contributed by atoms with E-state index in [4.69, 9.17) is 9.82 Å². The van der Waals surface area contributed by atoms with Gasteiger partial charge in [-0.1, -0.05) is 31.0 Å². The Hall–Kier alpha value is -3.56. The number of nitrogens with one attached hydrogen (secondary N) is 2. The van der Waals surface area contributed by atoms with Crippen molar-refractivity contribution in [2.24, 2.45) is 0 Å².